The SMILES string of the molecule is CN1CCN(c2ccc(Nc3ncc4ccc(=O)n(CCc5ccccc5Br)c4n3)cc2)CC1. The molecule has 0 atom stereocenters. The number of hydrogen-bond donors (Lipinski definition) is 1. The van der Waals surface area contributed by atoms with Gasteiger partial charge in [-0.3, -0.25) is 9.36 Å². The lowest BCUT2D eigenvalue weighted by Crippen LogP contribution is -2.44. The van der Waals surface area contributed by atoms with Gasteiger partial charge in [-0.2, -0.15) is 4.98 Å². The van der Waals surface area contributed by atoms with Gasteiger partial charge in [0.15, 0.2) is 0 Å². The number of likely N-dealkylation sites (N-methyl/N-ethyl adjacent to an activating group) is 1. The minimum atomic E-state index is -0.0688. The van der Waals surface area contributed by atoms with Crippen LogP contribution in [0.3, 0.4) is 0 Å². The Morgan fingerprint density at radius 2 is 1.74 bits per heavy atom. The molecule has 0 spiro atoms. The van der Waals surface area contributed by atoms with E-state index in [0.717, 1.165) is 53.7 Å². The van der Waals surface area contributed by atoms with E-state index in [9.17, 15) is 4.79 Å². The summed E-state index contributed by atoms with van der Waals surface area (Å²) in [5.74, 6) is 0.472. The molecular formula is C26H27BrN6O. The smallest absolute Gasteiger partial charge is 0.252 e. The predicted molar refractivity (Wildman–Crippen MR) is 141 cm³/mol. The Labute approximate surface area is 207 Å². The van der Waals surface area contributed by atoms with Gasteiger partial charge in [0, 0.05) is 66.2 Å². The lowest BCUT2D eigenvalue weighted by Gasteiger charge is -2.34. The van der Waals surface area contributed by atoms with Crippen molar-refractivity contribution in [1.82, 2.24) is 19.4 Å². The van der Waals surface area contributed by atoms with Crippen molar-refractivity contribution in [2.45, 2.75) is 13.0 Å². The van der Waals surface area contributed by atoms with E-state index in [4.69, 9.17) is 4.98 Å². The van der Waals surface area contributed by atoms with Crippen molar-refractivity contribution in [3.63, 3.8) is 0 Å². The summed E-state index contributed by atoms with van der Waals surface area (Å²) in [7, 11) is 2.16. The number of nitrogens with zero attached hydrogens (tertiary/aromatic N) is 5. The molecule has 1 saturated heterocycles. The van der Waals surface area contributed by atoms with Gasteiger partial charge in [0.2, 0.25) is 5.95 Å². The van der Waals surface area contributed by atoms with E-state index >= 15 is 0 Å². The molecule has 1 aliphatic heterocycles. The number of rotatable bonds is 6. The standard InChI is InChI=1S/C26H27BrN6O/c1-31-14-16-32(17-15-31)22-9-7-21(8-10-22)29-26-28-18-20-6-11-24(34)33(25(20)30-26)13-12-19-4-2-3-5-23(19)27/h2-11,18H,12-17H2,1H3,(H,28,29,30). The Bertz CT molecular complexity index is 1350. The average Bonchev–Trinajstić information content (AvgIpc) is 2.85. The number of aromatic nitrogens is 3. The van der Waals surface area contributed by atoms with Crippen LogP contribution in [0.25, 0.3) is 11.0 Å². The molecule has 0 amide bonds. The molecule has 4 aromatic rings. The summed E-state index contributed by atoms with van der Waals surface area (Å²) in [6, 6.07) is 19.8. The molecule has 3 heterocycles. The third-order valence-electron chi connectivity index (χ3n) is 6.28. The van der Waals surface area contributed by atoms with Crippen LogP contribution in [-0.2, 0) is 13.0 Å². The van der Waals surface area contributed by atoms with Gasteiger partial charge in [0.1, 0.15) is 5.65 Å². The van der Waals surface area contributed by atoms with Crippen LogP contribution in [0.15, 0.2) is 76.1 Å². The molecule has 0 aliphatic carbocycles. The molecule has 0 unspecified atom stereocenters. The number of halogens is 1. The fourth-order valence-electron chi connectivity index (χ4n) is 4.23. The van der Waals surface area contributed by atoms with Crippen LogP contribution in [0, 0.1) is 0 Å². The van der Waals surface area contributed by atoms with Crippen molar-refractivity contribution in [2.75, 3.05) is 43.4 Å². The summed E-state index contributed by atoms with van der Waals surface area (Å²) >= 11 is 3.59. The van der Waals surface area contributed by atoms with Crippen molar-refractivity contribution in [3.8, 4) is 0 Å². The van der Waals surface area contributed by atoms with Gasteiger partial charge < -0.3 is 15.1 Å². The molecular weight excluding hydrogens is 492 g/mol. The maximum atomic E-state index is 12.7. The lowest BCUT2D eigenvalue weighted by molar-refractivity contribution is 0.313. The van der Waals surface area contributed by atoms with E-state index in [0.29, 0.717) is 18.1 Å². The first-order valence-corrected chi connectivity index (χ1v) is 12.3. The molecule has 5 rings (SSSR count). The highest BCUT2D eigenvalue weighted by Crippen LogP contribution is 2.22. The summed E-state index contributed by atoms with van der Waals surface area (Å²) in [6.45, 7) is 4.76. The first-order valence-electron chi connectivity index (χ1n) is 11.5. The fraction of sp³-hybridized carbons (Fsp3) is 0.269. The van der Waals surface area contributed by atoms with Gasteiger partial charge >= 0.3 is 0 Å². The zero-order chi connectivity index (χ0) is 23.5. The number of nitrogens with one attached hydrogen (secondary N) is 1. The average molecular weight is 519 g/mol. The zero-order valence-electron chi connectivity index (χ0n) is 19.1. The molecule has 7 nitrogen and oxygen atoms in total. The molecule has 0 radical (unpaired) electrons. The van der Waals surface area contributed by atoms with Crippen molar-refractivity contribution >= 4 is 44.3 Å². The number of benzene rings is 2. The largest absolute Gasteiger partial charge is 0.369 e. The topological polar surface area (TPSA) is 66.3 Å². The van der Waals surface area contributed by atoms with Crippen LogP contribution in [0.1, 0.15) is 5.56 Å². The molecule has 174 valence electrons. The van der Waals surface area contributed by atoms with E-state index in [2.05, 4.69) is 61.3 Å². The normalized spacial score (nSPS) is 14.5. The maximum absolute atomic E-state index is 12.7. The van der Waals surface area contributed by atoms with Crippen LogP contribution in [0.4, 0.5) is 17.3 Å². The van der Waals surface area contributed by atoms with Gasteiger partial charge in [-0.05, 0) is 55.4 Å². The number of aryl methyl sites for hydroxylation is 2. The predicted octanol–water partition coefficient (Wildman–Crippen LogP) is 4.29. The number of piperazine rings is 1. The number of fused-ring (bicyclic) bond motifs is 1. The van der Waals surface area contributed by atoms with Crippen molar-refractivity contribution < 1.29 is 0 Å². The summed E-state index contributed by atoms with van der Waals surface area (Å²) in [4.78, 5) is 26.6. The molecule has 1 N–H and O–H groups in total. The van der Waals surface area contributed by atoms with Crippen LogP contribution in [0.2, 0.25) is 0 Å². The second-order valence-corrected chi connectivity index (χ2v) is 9.45. The third kappa shape index (κ3) is 4.98. The molecule has 2 aromatic heterocycles. The summed E-state index contributed by atoms with van der Waals surface area (Å²) in [6.07, 6.45) is 2.48. The zero-order valence-corrected chi connectivity index (χ0v) is 20.7. The number of anilines is 3. The van der Waals surface area contributed by atoms with Crippen molar-refractivity contribution in [1.29, 1.82) is 0 Å². The Morgan fingerprint density at radius 1 is 0.971 bits per heavy atom. The fourth-order valence-corrected chi connectivity index (χ4v) is 4.71. The molecule has 0 saturated carbocycles. The Kier molecular flexibility index (Phi) is 6.60. The van der Waals surface area contributed by atoms with Crippen molar-refractivity contribution in [2.24, 2.45) is 0 Å². The van der Waals surface area contributed by atoms with E-state index < -0.39 is 0 Å². The Balaban J connectivity index is 1.35. The first kappa shape index (κ1) is 22.6. The third-order valence-corrected chi connectivity index (χ3v) is 7.05. The highest BCUT2D eigenvalue weighted by molar-refractivity contribution is 9.10. The van der Waals surface area contributed by atoms with Gasteiger partial charge in [-0.1, -0.05) is 34.1 Å². The van der Waals surface area contributed by atoms with Crippen LogP contribution < -0.4 is 15.8 Å². The second-order valence-electron chi connectivity index (χ2n) is 8.60. The summed E-state index contributed by atoms with van der Waals surface area (Å²) in [5, 5.41) is 4.13. The van der Waals surface area contributed by atoms with Gasteiger partial charge in [-0.25, -0.2) is 4.98 Å². The van der Waals surface area contributed by atoms with Gasteiger partial charge in [0.05, 0.1) is 0 Å². The van der Waals surface area contributed by atoms with Crippen LogP contribution >= 0.6 is 15.9 Å². The van der Waals surface area contributed by atoms with Crippen LogP contribution in [-0.4, -0.2) is 52.7 Å². The van der Waals surface area contributed by atoms with Gasteiger partial charge in [0.25, 0.3) is 5.56 Å². The molecule has 34 heavy (non-hydrogen) atoms. The molecule has 8 heteroatoms. The Morgan fingerprint density at radius 3 is 2.50 bits per heavy atom. The Hall–Kier alpha value is -3.23. The molecule has 2 aromatic carbocycles. The lowest BCUT2D eigenvalue weighted by atomic mass is 10.1. The first-order chi connectivity index (χ1) is 16.6. The monoisotopic (exact) mass is 518 g/mol. The van der Waals surface area contributed by atoms with E-state index in [1.807, 2.05) is 30.3 Å². The maximum Gasteiger partial charge on any atom is 0.252 e. The summed E-state index contributed by atoms with van der Waals surface area (Å²) < 4.78 is 2.76. The molecule has 1 aliphatic rings. The number of pyridine rings is 1. The number of hydrogen-bond acceptors (Lipinski definition) is 6. The summed E-state index contributed by atoms with van der Waals surface area (Å²) in [5.41, 5.74) is 3.85. The highest BCUT2D eigenvalue weighted by atomic mass is 79.9. The molecule has 0 bridgehead atoms. The minimum Gasteiger partial charge on any atom is -0.369 e. The van der Waals surface area contributed by atoms with E-state index in [-0.39, 0.29) is 5.56 Å². The van der Waals surface area contributed by atoms with E-state index in [1.54, 1.807) is 22.9 Å². The van der Waals surface area contributed by atoms with Crippen LogP contribution in [0.5, 0.6) is 0 Å². The second kappa shape index (κ2) is 9.95. The highest BCUT2D eigenvalue weighted by Gasteiger charge is 2.14. The van der Waals surface area contributed by atoms with Crippen molar-refractivity contribution in [3.05, 3.63) is 87.3 Å². The van der Waals surface area contributed by atoms with Gasteiger partial charge in [-0.15, -0.1) is 0 Å². The molecule has 1 fully saturated rings. The quantitative estimate of drug-likeness (QED) is 0.410. The minimum absolute atomic E-state index is 0.0688. The van der Waals surface area contributed by atoms with E-state index in [1.165, 1.54) is 5.69 Å².